The number of amides is 1. The molecule has 0 atom stereocenters. The van der Waals surface area contributed by atoms with E-state index in [0.717, 1.165) is 50.3 Å². The lowest BCUT2D eigenvalue weighted by molar-refractivity contribution is -0.138. The van der Waals surface area contributed by atoms with Crippen LogP contribution >= 0.6 is 0 Å². The molecule has 0 aromatic heterocycles. The van der Waals surface area contributed by atoms with E-state index in [1.165, 1.54) is 5.56 Å². The summed E-state index contributed by atoms with van der Waals surface area (Å²) >= 11 is 0. The summed E-state index contributed by atoms with van der Waals surface area (Å²) in [5, 5.41) is 20.4. The van der Waals surface area contributed by atoms with Crippen LogP contribution in [0.3, 0.4) is 0 Å². The molecule has 3 N–H and O–H groups in total. The van der Waals surface area contributed by atoms with Crippen molar-refractivity contribution in [2.24, 2.45) is 0 Å². The van der Waals surface area contributed by atoms with Crippen molar-refractivity contribution in [1.82, 2.24) is 14.7 Å². The van der Waals surface area contributed by atoms with Gasteiger partial charge in [-0.3, -0.25) is 19.9 Å². The molecule has 0 spiro atoms. The second-order valence-corrected chi connectivity index (χ2v) is 8.51. The average Bonchev–Trinajstić information content (AvgIpc) is 2.78. The van der Waals surface area contributed by atoms with Crippen molar-refractivity contribution in [2.75, 3.05) is 51.6 Å². The van der Waals surface area contributed by atoms with Crippen molar-refractivity contribution in [2.45, 2.75) is 13.0 Å². The Labute approximate surface area is 187 Å². The Balaban J connectivity index is 1.39. The molecule has 32 heavy (non-hydrogen) atoms. The Morgan fingerprint density at radius 2 is 1.66 bits per heavy atom. The number of piperazine rings is 1. The standard InChI is InChI=1S/C24H29N5O3/c1-27-10-12-29(13-11-27)23(25)18-2-4-19(5-3-18)24(32)26-21-7-6-17-8-9-28(16-22(30)31)15-20(17)14-21/h2-7,14,25H,8-13,15-16H2,1H3,(H,26,32)(H,30,31). The van der Waals surface area contributed by atoms with Crippen molar-refractivity contribution in [3.05, 3.63) is 64.7 Å². The molecule has 0 radical (unpaired) electrons. The number of likely N-dealkylation sites (N-methyl/N-ethyl adjacent to an activating group) is 1. The van der Waals surface area contributed by atoms with Crippen molar-refractivity contribution >= 4 is 23.4 Å². The van der Waals surface area contributed by atoms with E-state index in [4.69, 9.17) is 10.5 Å². The van der Waals surface area contributed by atoms with Gasteiger partial charge in [0, 0.05) is 56.1 Å². The largest absolute Gasteiger partial charge is 0.480 e. The Morgan fingerprint density at radius 1 is 0.969 bits per heavy atom. The number of benzene rings is 2. The van der Waals surface area contributed by atoms with E-state index in [1.54, 1.807) is 12.1 Å². The van der Waals surface area contributed by atoms with Gasteiger partial charge in [0.25, 0.3) is 5.91 Å². The van der Waals surface area contributed by atoms with Crippen LogP contribution in [0.1, 0.15) is 27.0 Å². The number of fused-ring (bicyclic) bond motifs is 1. The van der Waals surface area contributed by atoms with Crippen LogP contribution in [0, 0.1) is 5.41 Å². The molecule has 4 rings (SSSR count). The smallest absolute Gasteiger partial charge is 0.317 e. The minimum Gasteiger partial charge on any atom is -0.480 e. The van der Waals surface area contributed by atoms with Crippen LogP contribution in [0.25, 0.3) is 0 Å². The number of carboxylic acids is 1. The summed E-state index contributed by atoms with van der Waals surface area (Å²) in [6.07, 6.45) is 0.803. The third-order valence-corrected chi connectivity index (χ3v) is 6.15. The Hall–Kier alpha value is -3.23. The molecule has 1 saturated heterocycles. The fraction of sp³-hybridized carbons (Fsp3) is 0.375. The lowest BCUT2D eigenvalue weighted by Crippen LogP contribution is -2.47. The van der Waals surface area contributed by atoms with Crippen LogP contribution < -0.4 is 5.32 Å². The minimum atomic E-state index is -0.831. The molecule has 0 unspecified atom stereocenters. The number of aliphatic carboxylic acids is 1. The third-order valence-electron chi connectivity index (χ3n) is 6.15. The van der Waals surface area contributed by atoms with Gasteiger partial charge in [0.2, 0.25) is 0 Å². The molecular formula is C24H29N5O3. The Morgan fingerprint density at radius 3 is 2.34 bits per heavy atom. The first kappa shape index (κ1) is 22.0. The van der Waals surface area contributed by atoms with Crippen LogP contribution in [0.15, 0.2) is 42.5 Å². The number of nitrogens with one attached hydrogen (secondary N) is 2. The molecule has 2 aliphatic rings. The second kappa shape index (κ2) is 9.50. The number of carboxylic acid groups (broad SMARTS) is 1. The van der Waals surface area contributed by atoms with Gasteiger partial charge in [0.1, 0.15) is 5.84 Å². The summed E-state index contributed by atoms with van der Waals surface area (Å²) in [5.41, 5.74) is 4.27. The van der Waals surface area contributed by atoms with E-state index in [9.17, 15) is 9.59 Å². The molecule has 168 valence electrons. The highest BCUT2D eigenvalue weighted by atomic mass is 16.4. The first-order valence-corrected chi connectivity index (χ1v) is 10.9. The Bertz CT molecular complexity index is 1010. The van der Waals surface area contributed by atoms with Crippen LogP contribution in [0.5, 0.6) is 0 Å². The number of hydrogen-bond acceptors (Lipinski definition) is 5. The average molecular weight is 436 g/mol. The van der Waals surface area contributed by atoms with Crippen LogP contribution in [-0.4, -0.2) is 83.8 Å². The monoisotopic (exact) mass is 435 g/mol. The van der Waals surface area contributed by atoms with Gasteiger partial charge in [0.05, 0.1) is 6.54 Å². The highest BCUT2D eigenvalue weighted by Gasteiger charge is 2.20. The van der Waals surface area contributed by atoms with Gasteiger partial charge in [0.15, 0.2) is 0 Å². The van der Waals surface area contributed by atoms with E-state index in [1.807, 2.05) is 35.2 Å². The highest BCUT2D eigenvalue weighted by Crippen LogP contribution is 2.23. The Kier molecular flexibility index (Phi) is 6.53. The number of carbonyl (C=O) groups is 2. The lowest BCUT2D eigenvalue weighted by Gasteiger charge is -2.34. The first-order valence-electron chi connectivity index (χ1n) is 10.9. The van der Waals surface area contributed by atoms with Gasteiger partial charge < -0.3 is 20.2 Å². The van der Waals surface area contributed by atoms with Gasteiger partial charge in [-0.15, -0.1) is 0 Å². The van der Waals surface area contributed by atoms with E-state index < -0.39 is 5.97 Å². The minimum absolute atomic E-state index is 0.0194. The summed E-state index contributed by atoms with van der Waals surface area (Å²) in [7, 11) is 2.09. The number of carbonyl (C=O) groups excluding carboxylic acids is 1. The predicted molar refractivity (Wildman–Crippen MR) is 123 cm³/mol. The quantitative estimate of drug-likeness (QED) is 0.490. The van der Waals surface area contributed by atoms with Crippen molar-refractivity contribution in [1.29, 1.82) is 5.41 Å². The van der Waals surface area contributed by atoms with E-state index in [-0.39, 0.29) is 12.5 Å². The van der Waals surface area contributed by atoms with Crippen molar-refractivity contribution in [3.8, 4) is 0 Å². The SMILES string of the molecule is CN1CCN(C(=N)c2ccc(C(=O)Nc3ccc4c(c3)CN(CC(=O)O)CC4)cc2)CC1. The third kappa shape index (κ3) is 5.15. The number of amidine groups is 1. The molecular weight excluding hydrogens is 406 g/mol. The molecule has 0 bridgehead atoms. The van der Waals surface area contributed by atoms with Crippen LogP contribution in [0.4, 0.5) is 5.69 Å². The molecule has 0 saturated carbocycles. The summed E-state index contributed by atoms with van der Waals surface area (Å²) in [5.74, 6) is -0.548. The molecule has 8 nitrogen and oxygen atoms in total. The van der Waals surface area contributed by atoms with Crippen LogP contribution in [0.2, 0.25) is 0 Å². The van der Waals surface area contributed by atoms with E-state index in [0.29, 0.717) is 23.6 Å². The lowest BCUT2D eigenvalue weighted by atomic mass is 9.99. The number of nitrogens with zero attached hydrogens (tertiary/aromatic N) is 3. The predicted octanol–water partition coefficient (Wildman–Crippen LogP) is 1.95. The highest BCUT2D eigenvalue weighted by molar-refractivity contribution is 6.05. The number of anilines is 1. The molecule has 2 aromatic carbocycles. The van der Waals surface area contributed by atoms with Gasteiger partial charge in [-0.25, -0.2) is 0 Å². The maximum Gasteiger partial charge on any atom is 0.317 e. The van der Waals surface area contributed by atoms with Gasteiger partial charge >= 0.3 is 5.97 Å². The van der Waals surface area contributed by atoms with E-state index >= 15 is 0 Å². The molecule has 2 aromatic rings. The topological polar surface area (TPSA) is 100.0 Å². The van der Waals surface area contributed by atoms with Crippen LogP contribution in [-0.2, 0) is 17.8 Å². The molecule has 0 aliphatic carbocycles. The molecule has 1 fully saturated rings. The normalized spacial score (nSPS) is 17.0. The summed E-state index contributed by atoms with van der Waals surface area (Å²) in [6.45, 7) is 4.86. The zero-order chi connectivity index (χ0) is 22.7. The zero-order valence-electron chi connectivity index (χ0n) is 18.3. The van der Waals surface area contributed by atoms with E-state index in [2.05, 4.69) is 22.2 Å². The summed E-state index contributed by atoms with van der Waals surface area (Å²) < 4.78 is 0. The number of hydrogen-bond donors (Lipinski definition) is 3. The zero-order valence-corrected chi connectivity index (χ0v) is 18.3. The van der Waals surface area contributed by atoms with Crippen molar-refractivity contribution < 1.29 is 14.7 Å². The summed E-state index contributed by atoms with van der Waals surface area (Å²) in [4.78, 5) is 30.0. The number of rotatable bonds is 5. The molecule has 1 amide bonds. The fourth-order valence-corrected chi connectivity index (χ4v) is 4.21. The fourth-order valence-electron chi connectivity index (χ4n) is 4.21. The molecule has 2 heterocycles. The summed E-state index contributed by atoms with van der Waals surface area (Å²) in [6, 6.07) is 13.0. The van der Waals surface area contributed by atoms with Gasteiger partial charge in [-0.1, -0.05) is 18.2 Å². The van der Waals surface area contributed by atoms with Gasteiger partial charge in [-0.2, -0.15) is 0 Å². The maximum absolute atomic E-state index is 12.7. The first-order chi connectivity index (χ1) is 15.4. The molecule has 8 heteroatoms. The molecule has 2 aliphatic heterocycles. The maximum atomic E-state index is 12.7. The van der Waals surface area contributed by atoms with Gasteiger partial charge in [-0.05, 0) is 48.9 Å². The second-order valence-electron chi connectivity index (χ2n) is 8.51. The van der Waals surface area contributed by atoms with Crippen molar-refractivity contribution in [3.63, 3.8) is 0 Å².